The molecule has 0 bridgehead atoms. The third kappa shape index (κ3) is 3.38. The summed E-state index contributed by atoms with van der Waals surface area (Å²) in [6.07, 6.45) is 3.55. The van der Waals surface area contributed by atoms with Crippen molar-refractivity contribution in [1.29, 1.82) is 0 Å². The molecule has 0 saturated carbocycles. The summed E-state index contributed by atoms with van der Waals surface area (Å²) in [6, 6.07) is 5.41. The Labute approximate surface area is 111 Å². The number of nitrogens with zero attached hydrogens (tertiary/aromatic N) is 2. The minimum absolute atomic E-state index is 0.0499. The Balaban J connectivity index is 2.02. The summed E-state index contributed by atoms with van der Waals surface area (Å²) in [6.45, 7) is 4.35. The highest BCUT2D eigenvalue weighted by molar-refractivity contribution is 5.22. The molecule has 1 heterocycles. The third-order valence-electron chi connectivity index (χ3n) is 2.99. The van der Waals surface area contributed by atoms with Crippen molar-refractivity contribution in [3.05, 3.63) is 53.9 Å². The summed E-state index contributed by atoms with van der Waals surface area (Å²) >= 11 is 0. The van der Waals surface area contributed by atoms with E-state index >= 15 is 0 Å². The Morgan fingerprint density at radius 1 is 1.21 bits per heavy atom. The van der Waals surface area contributed by atoms with Gasteiger partial charge in [0.25, 0.3) is 0 Å². The van der Waals surface area contributed by atoms with Gasteiger partial charge in [0.15, 0.2) is 0 Å². The van der Waals surface area contributed by atoms with Crippen LogP contribution in [0.25, 0.3) is 0 Å². The molecule has 19 heavy (non-hydrogen) atoms. The van der Waals surface area contributed by atoms with E-state index in [1.807, 2.05) is 19.2 Å². The topological polar surface area (TPSA) is 29.9 Å². The smallest absolute Gasteiger partial charge is 0.130 e. The van der Waals surface area contributed by atoms with Gasteiger partial charge in [-0.3, -0.25) is 4.68 Å². The molecule has 102 valence electrons. The third-order valence-corrected chi connectivity index (χ3v) is 2.99. The van der Waals surface area contributed by atoms with Gasteiger partial charge in [-0.25, -0.2) is 8.78 Å². The van der Waals surface area contributed by atoms with Crippen LogP contribution in [0.15, 0.2) is 36.7 Å². The van der Waals surface area contributed by atoms with E-state index in [4.69, 9.17) is 0 Å². The van der Waals surface area contributed by atoms with E-state index < -0.39 is 17.7 Å². The fraction of sp³-hybridized carbons (Fsp3) is 0.357. The minimum Gasteiger partial charge on any atom is -0.306 e. The number of halogens is 2. The molecule has 0 amide bonds. The lowest BCUT2D eigenvalue weighted by Crippen LogP contribution is -2.33. The lowest BCUT2D eigenvalue weighted by molar-refractivity contribution is 0.396. The van der Waals surface area contributed by atoms with E-state index in [1.165, 1.54) is 18.2 Å². The number of benzene rings is 1. The molecule has 0 aliphatic heterocycles. The van der Waals surface area contributed by atoms with Crippen LogP contribution >= 0.6 is 0 Å². The SMILES string of the molecule is CC(Cn1cccn1)NC(C)c1c(F)cccc1F. The van der Waals surface area contributed by atoms with E-state index in [9.17, 15) is 8.78 Å². The van der Waals surface area contributed by atoms with Gasteiger partial charge in [0.1, 0.15) is 11.6 Å². The zero-order valence-corrected chi connectivity index (χ0v) is 11.0. The second kappa shape index (κ2) is 5.93. The maximum atomic E-state index is 13.6. The molecule has 0 radical (unpaired) electrons. The Morgan fingerprint density at radius 3 is 2.47 bits per heavy atom. The first-order valence-corrected chi connectivity index (χ1v) is 6.25. The predicted molar refractivity (Wildman–Crippen MR) is 69.6 cm³/mol. The first-order valence-electron chi connectivity index (χ1n) is 6.25. The second-order valence-corrected chi connectivity index (χ2v) is 4.65. The van der Waals surface area contributed by atoms with Crippen LogP contribution in [-0.2, 0) is 6.54 Å². The van der Waals surface area contributed by atoms with Crippen LogP contribution < -0.4 is 5.32 Å². The van der Waals surface area contributed by atoms with E-state index in [0.717, 1.165) is 0 Å². The van der Waals surface area contributed by atoms with Crippen molar-refractivity contribution in [2.45, 2.75) is 32.5 Å². The van der Waals surface area contributed by atoms with Crippen molar-refractivity contribution in [3.8, 4) is 0 Å². The maximum absolute atomic E-state index is 13.6. The van der Waals surface area contributed by atoms with Crippen LogP contribution in [0.1, 0.15) is 25.5 Å². The Kier molecular flexibility index (Phi) is 4.27. The van der Waals surface area contributed by atoms with E-state index in [2.05, 4.69) is 10.4 Å². The highest BCUT2D eigenvalue weighted by atomic mass is 19.1. The molecule has 1 aromatic heterocycles. The molecule has 3 nitrogen and oxygen atoms in total. The highest BCUT2D eigenvalue weighted by Crippen LogP contribution is 2.20. The van der Waals surface area contributed by atoms with Crippen molar-refractivity contribution in [3.63, 3.8) is 0 Å². The second-order valence-electron chi connectivity index (χ2n) is 4.65. The van der Waals surface area contributed by atoms with Crippen molar-refractivity contribution >= 4 is 0 Å². The lowest BCUT2D eigenvalue weighted by Gasteiger charge is -2.21. The van der Waals surface area contributed by atoms with Gasteiger partial charge in [0, 0.05) is 30.0 Å². The van der Waals surface area contributed by atoms with Gasteiger partial charge in [-0.1, -0.05) is 6.07 Å². The number of rotatable bonds is 5. The molecule has 2 atom stereocenters. The molecule has 2 rings (SSSR count). The van der Waals surface area contributed by atoms with Crippen LogP contribution in [0, 0.1) is 11.6 Å². The van der Waals surface area contributed by atoms with E-state index in [1.54, 1.807) is 17.8 Å². The first-order chi connectivity index (χ1) is 9.08. The molecule has 0 spiro atoms. The summed E-state index contributed by atoms with van der Waals surface area (Å²) in [5.41, 5.74) is 0.0785. The van der Waals surface area contributed by atoms with Gasteiger partial charge < -0.3 is 5.32 Å². The summed E-state index contributed by atoms with van der Waals surface area (Å²) < 4.78 is 29.0. The normalized spacial score (nSPS) is 14.3. The number of hydrogen-bond donors (Lipinski definition) is 1. The molecule has 1 N–H and O–H groups in total. The van der Waals surface area contributed by atoms with Crippen molar-refractivity contribution in [2.24, 2.45) is 0 Å². The Hall–Kier alpha value is -1.75. The maximum Gasteiger partial charge on any atom is 0.130 e. The van der Waals surface area contributed by atoms with Crippen molar-refractivity contribution in [2.75, 3.05) is 0 Å². The molecular weight excluding hydrogens is 248 g/mol. The largest absolute Gasteiger partial charge is 0.306 e. The first kappa shape index (κ1) is 13.7. The average Bonchev–Trinajstić information content (AvgIpc) is 2.81. The molecule has 0 fully saturated rings. The van der Waals surface area contributed by atoms with Gasteiger partial charge >= 0.3 is 0 Å². The van der Waals surface area contributed by atoms with Gasteiger partial charge in [-0.05, 0) is 32.0 Å². The summed E-state index contributed by atoms with van der Waals surface area (Å²) in [7, 11) is 0. The molecule has 0 aliphatic carbocycles. The van der Waals surface area contributed by atoms with Crippen molar-refractivity contribution in [1.82, 2.24) is 15.1 Å². The standard InChI is InChI=1S/C14H17F2N3/c1-10(9-19-8-4-7-17-19)18-11(2)14-12(15)5-3-6-13(14)16/h3-8,10-11,18H,9H2,1-2H3. The van der Waals surface area contributed by atoms with Crippen LogP contribution in [0.2, 0.25) is 0 Å². The highest BCUT2D eigenvalue weighted by Gasteiger charge is 2.17. The van der Waals surface area contributed by atoms with Gasteiger partial charge in [-0.2, -0.15) is 5.10 Å². The predicted octanol–water partition coefficient (Wildman–Crippen LogP) is 2.90. The molecule has 5 heteroatoms. The summed E-state index contributed by atoms with van der Waals surface area (Å²) in [4.78, 5) is 0. The molecule has 1 aromatic carbocycles. The van der Waals surface area contributed by atoms with Gasteiger partial charge in [-0.15, -0.1) is 0 Å². The number of aromatic nitrogens is 2. The molecule has 2 aromatic rings. The lowest BCUT2D eigenvalue weighted by atomic mass is 10.1. The summed E-state index contributed by atoms with van der Waals surface area (Å²) in [5, 5.41) is 7.28. The Bertz CT molecular complexity index is 505. The number of hydrogen-bond acceptors (Lipinski definition) is 2. The van der Waals surface area contributed by atoms with Crippen LogP contribution in [0.5, 0.6) is 0 Å². The molecule has 0 saturated heterocycles. The van der Waals surface area contributed by atoms with Gasteiger partial charge in [0.05, 0.1) is 6.54 Å². The van der Waals surface area contributed by atoms with Crippen LogP contribution in [-0.4, -0.2) is 15.8 Å². The van der Waals surface area contributed by atoms with E-state index in [-0.39, 0.29) is 11.6 Å². The molecule has 2 unspecified atom stereocenters. The fourth-order valence-corrected chi connectivity index (χ4v) is 2.18. The number of nitrogens with one attached hydrogen (secondary N) is 1. The van der Waals surface area contributed by atoms with Crippen LogP contribution in [0.4, 0.5) is 8.78 Å². The zero-order chi connectivity index (χ0) is 13.8. The molecule has 0 aliphatic rings. The van der Waals surface area contributed by atoms with Crippen LogP contribution in [0.3, 0.4) is 0 Å². The Morgan fingerprint density at radius 2 is 1.89 bits per heavy atom. The van der Waals surface area contributed by atoms with Crippen molar-refractivity contribution < 1.29 is 8.78 Å². The van der Waals surface area contributed by atoms with Gasteiger partial charge in [0.2, 0.25) is 0 Å². The fourth-order valence-electron chi connectivity index (χ4n) is 2.18. The molecular formula is C14H17F2N3. The monoisotopic (exact) mass is 265 g/mol. The quantitative estimate of drug-likeness (QED) is 0.901. The average molecular weight is 265 g/mol. The summed E-state index contributed by atoms with van der Waals surface area (Å²) in [5.74, 6) is -1.04. The minimum atomic E-state index is -0.522. The van der Waals surface area contributed by atoms with E-state index in [0.29, 0.717) is 6.54 Å². The zero-order valence-electron chi connectivity index (χ0n) is 11.0.